The van der Waals surface area contributed by atoms with Gasteiger partial charge < -0.3 is 14.2 Å². The SMILES string of the molecule is COc1ccc(C(=O)N2CCC(n3c(C)cnc3-c3ccncc3)C2)cn1. The standard InChI is InChI=1S/C20H21N5O2/c1-14-11-23-19(15-5-8-21-9-6-15)25(14)17-7-10-24(13-17)20(26)16-3-4-18(27-2)22-12-16/h3-6,8-9,11-12,17H,7,10,13H2,1-2H3. The van der Waals surface area contributed by atoms with Gasteiger partial charge in [-0.25, -0.2) is 9.97 Å². The van der Waals surface area contributed by atoms with E-state index in [1.165, 1.54) is 0 Å². The van der Waals surface area contributed by atoms with Gasteiger partial charge in [0, 0.05) is 55.2 Å². The Labute approximate surface area is 157 Å². The van der Waals surface area contributed by atoms with Crippen LogP contribution in [0.25, 0.3) is 11.4 Å². The van der Waals surface area contributed by atoms with Crippen molar-refractivity contribution in [1.29, 1.82) is 0 Å². The average Bonchev–Trinajstić information content (AvgIpc) is 3.34. The van der Waals surface area contributed by atoms with Crippen molar-refractivity contribution >= 4 is 5.91 Å². The average molecular weight is 363 g/mol. The molecule has 0 N–H and O–H groups in total. The van der Waals surface area contributed by atoms with Gasteiger partial charge in [0.25, 0.3) is 5.91 Å². The summed E-state index contributed by atoms with van der Waals surface area (Å²) in [5.41, 5.74) is 2.70. The molecule has 0 spiro atoms. The highest BCUT2D eigenvalue weighted by atomic mass is 16.5. The van der Waals surface area contributed by atoms with E-state index in [0.29, 0.717) is 24.5 Å². The maximum atomic E-state index is 12.8. The number of rotatable bonds is 4. The van der Waals surface area contributed by atoms with Crippen LogP contribution in [0.1, 0.15) is 28.5 Å². The number of methoxy groups -OCH3 is 1. The molecule has 3 aromatic heterocycles. The second-order valence-electron chi connectivity index (χ2n) is 6.61. The largest absolute Gasteiger partial charge is 0.481 e. The fourth-order valence-corrected chi connectivity index (χ4v) is 3.57. The highest BCUT2D eigenvalue weighted by Gasteiger charge is 2.30. The minimum Gasteiger partial charge on any atom is -0.481 e. The Morgan fingerprint density at radius 2 is 1.96 bits per heavy atom. The smallest absolute Gasteiger partial charge is 0.255 e. The molecule has 0 bridgehead atoms. The van der Waals surface area contributed by atoms with Gasteiger partial charge in [0.1, 0.15) is 5.82 Å². The van der Waals surface area contributed by atoms with E-state index in [1.54, 1.807) is 37.8 Å². The quantitative estimate of drug-likeness (QED) is 0.713. The van der Waals surface area contributed by atoms with Gasteiger partial charge in [0.15, 0.2) is 0 Å². The predicted octanol–water partition coefficient (Wildman–Crippen LogP) is 2.74. The van der Waals surface area contributed by atoms with E-state index in [0.717, 1.165) is 23.5 Å². The molecule has 27 heavy (non-hydrogen) atoms. The van der Waals surface area contributed by atoms with Crippen LogP contribution >= 0.6 is 0 Å². The molecule has 0 saturated carbocycles. The topological polar surface area (TPSA) is 73.1 Å². The number of hydrogen-bond acceptors (Lipinski definition) is 5. The summed E-state index contributed by atoms with van der Waals surface area (Å²) in [5, 5.41) is 0. The number of aryl methyl sites for hydroxylation is 1. The third-order valence-corrected chi connectivity index (χ3v) is 4.93. The van der Waals surface area contributed by atoms with Crippen LogP contribution in [0.2, 0.25) is 0 Å². The third kappa shape index (κ3) is 3.28. The number of carbonyl (C=O) groups excluding carboxylic acids is 1. The molecule has 7 nitrogen and oxygen atoms in total. The molecular weight excluding hydrogens is 342 g/mol. The van der Waals surface area contributed by atoms with Gasteiger partial charge >= 0.3 is 0 Å². The third-order valence-electron chi connectivity index (χ3n) is 4.93. The van der Waals surface area contributed by atoms with Crippen molar-refractivity contribution in [2.45, 2.75) is 19.4 Å². The van der Waals surface area contributed by atoms with E-state index in [9.17, 15) is 4.79 Å². The van der Waals surface area contributed by atoms with Crippen LogP contribution in [-0.4, -0.2) is 50.5 Å². The Morgan fingerprint density at radius 3 is 2.67 bits per heavy atom. The Kier molecular flexibility index (Phi) is 4.58. The normalized spacial score (nSPS) is 16.5. The molecular formula is C20H21N5O2. The lowest BCUT2D eigenvalue weighted by Gasteiger charge is -2.20. The Bertz CT molecular complexity index is 937. The number of nitrogens with zero attached hydrogens (tertiary/aromatic N) is 5. The van der Waals surface area contributed by atoms with Crippen molar-refractivity contribution < 1.29 is 9.53 Å². The van der Waals surface area contributed by atoms with Crippen molar-refractivity contribution in [2.75, 3.05) is 20.2 Å². The number of carbonyl (C=O) groups is 1. The number of amides is 1. The van der Waals surface area contributed by atoms with Crippen molar-refractivity contribution in [3.63, 3.8) is 0 Å². The molecule has 1 amide bonds. The second kappa shape index (κ2) is 7.19. The van der Waals surface area contributed by atoms with E-state index in [-0.39, 0.29) is 11.9 Å². The van der Waals surface area contributed by atoms with Gasteiger partial charge in [0.05, 0.1) is 18.7 Å². The molecule has 138 valence electrons. The number of aromatic nitrogens is 4. The van der Waals surface area contributed by atoms with Crippen molar-refractivity contribution in [1.82, 2.24) is 24.4 Å². The first-order valence-electron chi connectivity index (χ1n) is 8.91. The molecule has 7 heteroatoms. The Balaban J connectivity index is 1.55. The van der Waals surface area contributed by atoms with Crippen molar-refractivity contribution in [2.24, 2.45) is 0 Å². The lowest BCUT2D eigenvalue weighted by molar-refractivity contribution is 0.0787. The molecule has 1 unspecified atom stereocenters. The lowest BCUT2D eigenvalue weighted by Crippen LogP contribution is -2.29. The highest BCUT2D eigenvalue weighted by Crippen LogP contribution is 2.30. The molecule has 1 fully saturated rings. The first-order chi connectivity index (χ1) is 13.2. The zero-order valence-electron chi connectivity index (χ0n) is 15.4. The molecule has 0 aliphatic carbocycles. The number of ether oxygens (including phenoxy) is 1. The summed E-state index contributed by atoms with van der Waals surface area (Å²) in [5.74, 6) is 1.41. The fraction of sp³-hybridized carbons (Fsp3) is 0.300. The van der Waals surface area contributed by atoms with Crippen molar-refractivity contribution in [3.8, 4) is 17.3 Å². The van der Waals surface area contributed by atoms with E-state index in [4.69, 9.17) is 4.74 Å². The zero-order valence-corrected chi connectivity index (χ0v) is 15.4. The molecule has 1 saturated heterocycles. The molecule has 3 aromatic rings. The fourth-order valence-electron chi connectivity index (χ4n) is 3.57. The maximum absolute atomic E-state index is 12.8. The van der Waals surface area contributed by atoms with E-state index < -0.39 is 0 Å². The summed E-state index contributed by atoms with van der Waals surface area (Å²) in [6.07, 6.45) is 7.88. The van der Waals surface area contributed by atoms with Gasteiger partial charge in [-0.3, -0.25) is 9.78 Å². The van der Waals surface area contributed by atoms with Crippen LogP contribution in [0.3, 0.4) is 0 Å². The summed E-state index contributed by atoms with van der Waals surface area (Å²) in [6, 6.07) is 7.58. The van der Waals surface area contributed by atoms with Gasteiger partial charge in [-0.05, 0) is 31.5 Å². The van der Waals surface area contributed by atoms with Crippen LogP contribution in [0, 0.1) is 6.92 Å². The van der Waals surface area contributed by atoms with E-state index >= 15 is 0 Å². The Hall–Kier alpha value is -3.22. The molecule has 4 heterocycles. The summed E-state index contributed by atoms with van der Waals surface area (Å²) in [4.78, 5) is 27.5. The zero-order chi connectivity index (χ0) is 18.8. The van der Waals surface area contributed by atoms with E-state index in [1.807, 2.05) is 23.2 Å². The first kappa shape index (κ1) is 17.2. The van der Waals surface area contributed by atoms with Crippen LogP contribution in [0.15, 0.2) is 49.1 Å². The van der Waals surface area contributed by atoms with Crippen LogP contribution in [-0.2, 0) is 0 Å². The monoisotopic (exact) mass is 363 g/mol. The van der Waals surface area contributed by atoms with Crippen molar-refractivity contribution in [3.05, 3.63) is 60.3 Å². The number of likely N-dealkylation sites (tertiary alicyclic amines) is 1. The molecule has 1 aliphatic rings. The number of hydrogen-bond donors (Lipinski definition) is 0. The molecule has 0 radical (unpaired) electrons. The van der Waals surface area contributed by atoms with Crippen LogP contribution in [0.5, 0.6) is 5.88 Å². The molecule has 4 rings (SSSR count). The summed E-state index contributed by atoms with van der Waals surface area (Å²) in [6.45, 7) is 3.42. The van der Waals surface area contributed by atoms with Gasteiger partial charge in [-0.1, -0.05) is 0 Å². The summed E-state index contributed by atoms with van der Waals surface area (Å²) < 4.78 is 7.29. The van der Waals surface area contributed by atoms with Gasteiger partial charge in [0.2, 0.25) is 5.88 Å². The maximum Gasteiger partial charge on any atom is 0.255 e. The summed E-state index contributed by atoms with van der Waals surface area (Å²) >= 11 is 0. The summed E-state index contributed by atoms with van der Waals surface area (Å²) in [7, 11) is 1.56. The number of imidazole rings is 1. The van der Waals surface area contributed by atoms with Crippen LogP contribution in [0.4, 0.5) is 0 Å². The second-order valence-corrected chi connectivity index (χ2v) is 6.61. The molecule has 1 atom stereocenters. The van der Waals surface area contributed by atoms with Crippen LogP contribution < -0.4 is 4.74 Å². The first-order valence-corrected chi connectivity index (χ1v) is 8.91. The number of pyridine rings is 2. The van der Waals surface area contributed by atoms with Gasteiger partial charge in [-0.15, -0.1) is 0 Å². The molecule has 0 aromatic carbocycles. The van der Waals surface area contributed by atoms with E-state index in [2.05, 4.69) is 26.4 Å². The highest BCUT2D eigenvalue weighted by molar-refractivity contribution is 5.94. The lowest BCUT2D eigenvalue weighted by atomic mass is 10.2. The minimum atomic E-state index is -0.00381. The Morgan fingerprint density at radius 1 is 1.15 bits per heavy atom. The van der Waals surface area contributed by atoms with Gasteiger partial charge in [-0.2, -0.15) is 0 Å². The molecule has 1 aliphatic heterocycles. The predicted molar refractivity (Wildman–Crippen MR) is 101 cm³/mol. The minimum absolute atomic E-state index is 0.00381.